The Balaban J connectivity index is 1.75. The Morgan fingerprint density at radius 1 is 1.31 bits per heavy atom. The molecule has 3 aliphatic heterocycles. The lowest BCUT2D eigenvalue weighted by atomic mass is 9.94. The van der Waals surface area contributed by atoms with E-state index in [0.717, 1.165) is 31.4 Å². The van der Waals surface area contributed by atoms with Crippen molar-refractivity contribution in [1.29, 1.82) is 0 Å². The zero-order valence-corrected chi connectivity index (χ0v) is 15.7. The molecule has 8 heteroatoms. The fourth-order valence-corrected chi connectivity index (χ4v) is 3.73. The first-order valence-electron chi connectivity index (χ1n) is 9.24. The average molecular weight is 361 g/mol. The summed E-state index contributed by atoms with van der Waals surface area (Å²) in [5, 5.41) is 7.06. The molecular weight excluding hydrogens is 334 g/mol. The second kappa shape index (κ2) is 7.47. The van der Waals surface area contributed by atoms with Crippen LogP contribution in [-0.4, -0.2) is 82.4 Å². The van der Waals surface area contributed by atoms with Crippen LogP contribution in [0.15, 0.2) is 6.07 Å². The molecule has 2 bridgehead atoms. The standard InChI is InChI=1S/C18H27N5O3/c1-4-5-13-8-15(20-19-13)18(26)22-9-12-6-7-14(10-22)23(17(12)25)11-16(24)21(2)3/h8,12,14H,4-7,9-11H2,1-3H3,(H,19,20)/t12-,14+/m1/s1. The Labute approximate surface area is 153 Å². The van der Waals surface area contributed by atoms with Gasteiger partial charge in [-0.05, 0) is 25.3 Å². The molecule has 3 aliphatic rings. The van der Waals surface area contributed by atoms with E-state index in [1.165, 1.54) is 4.90 Å². The summed E-state index contributed by atoms with van der Waals surface area (Å²) < 4.78 is 0. The lowest BCUT2D eigenvalue weighted by molar-refractivity contribution is -0.145. The molecular formula is C18H27N5O3. The molecule has 1 N–H and O–H groups in total. The number of nitrogens with one attached hydrogen (secondary N) is 1. The fourth-order valence-electron chi connectivity index (χ4n) is 3.73. The third kappa shape index (κ3) is 3.59. The van der Waals surface area contributed by atoms with Gasteiger partial charge in [-0.2, -0.15) is 5.10 Å². The predicted molar refractivity (Wildman–Crippen MR) is 95.4 cm³/mol. The molecule has 3 fully saturated rings. The minimum atomic E-state index is -0.235. The van der Waals surface area contributed by atoms with E-state index in [2.05, 4.69) is 17.1 Å². The van der Waals surface area contributed by atoms with Gasteiger partial charge in [-0.3, -0.25) is 19.5 Å². The van der Waals surface area contributed by atoms with Gasteiger partial charge in [-0.1, -0.05) is 13.3 Å². The van der Waals surface area contributed by atoms with Gasteiger partial charge < -0.3 is 14.7 Å². The predicted octanol–water partition coefficient (Wildman–Crippen LogP) is 0.513. The minimum Gasteiger partial charge on any atom is -0.347 e. The molecule has 0 spiro atoms. The number of carbonyl (C=O) groups is 3. The summed E-state index contributed by atoms with van der Waals surface area (Å²) in [4.78, 5) is 42.6. The van der Waals surface area contributed by atoms with Gasteiger partial charge in [0, 0.05) is 38.9 Å². The summed E-state index contributed by atoms with van der Waals surface area (Å²) in [6.07, 6.45) is 3.42. The van der Waals surface area contributed by atoms with E-state index in [4.69, 9.17) is 0 Å². The number of rotatable bonds is 5. The first-order valence-corrected chi connectivity index (χ1v) is 9.24. The van der Waals surface area contributed by atoms with Crippen LogP contribution in [0.3, 0.4) is 0 Å². The molecule has 8 nitrogen and oxygen atoms in total. The second-order valence-electron chi connectivity index (χ2n) is 7.42. The Hall–Kier alpha value is -2.38. The number of piperidine rings is 1. The van der Waals surface area contributed by atoms with Crippen LogP contribution in [-0.2, 0) is 16.0 Å². The van der Waals surface area contributed by atoms with Crippen LogP contribution in [0.5, 0.6) is 0 Å². The lowest BCUT2D eigenvalue weighted by Crippen LogP contribution is -2.51. The van der Waals surface area contributed by atoms with Gasteiger partial charge in [0.05, 0.1) is 5.92 Å². The maximum Gasteiger partial charge on any atom is 0.274 e. The Kier molecular flexibility index (Phi) is 5.29. The first-order chi connectivity index (χ1) is 12.4. The molecule has 3 saturated heterocycles. The SMILES string of the molecule is CCCc1cc(C(=O)N2C[C@H]3CC[C@@H](C2)N(CC(=O)N(C)C)C3=O)n[nH]1. The van der Waals surface area contributed by atoms with Crippen LogP contribution >= 0.6 is 0 Å². The summed E-state index contributed by atoms with van der Waals surface area (Å²) in [5.41, 5.74) is 1.35. The van der Waals surface area contributed by atoms with Crippen molar-refractivity contribution in [3.8, 4) is 0 Å². The molecule has 2 atom stereocenters. The molecule has 3 amide bonds. The van der Waals surface area contributed by atoms with Crippen LogP contribution in [0, 0.1) is 5.92 Å². The topological polar surface area (TPSA) is 89.6 Å². The van der Waals surface area contributed by atoms with E-state index in [1.807, 2.05) is 0 Å². The number of aromatic nitrogens is 2. The number of amides is 3. The van der Waals surface area contributed by atoms with Crippen molar-refractivity contribution in [2.24, 2.45) is 5.92 Å². The summed E-state index contributed by atoms with van der Waals surface area (Å²) >= 11 is 0. The highest BCUT2D eigenvalue weighted by atomic mass is 16.2. The molecule has 1 aromatic heterocycles. The van der Waals surface area contributed by atoms with E-state index in [1.54, 1.807) is 30.0 Å². The highest BCUT2D eigenvalue weighted by Crippen LogP contribution is 2.29. The molecule has 4 heterocycles. The van der Waals surface area contributed by atoms with E-state index in [-0.39, 0.29) is 36.2 Å². The zero-order valence-electron chi connectivity index (χ0n) is 15.7. The summed E-state index contributed by atoms with van der Waals surface area (Å²) in [7, 11) is 3.37. The number of H-pyrrole nitrogens is 1. The molecule has 1 aromatic rings. The monoisotopic (exact) mass is 361 g/mol. The van der Waals surface area contributed by atoms with Crippen LogP contribution in [0.1, 0.15) is 42.4 Å². The third-order valence-electron chi connectivity index (χ3n) is 5.25. The van der Waals surface area contributed by atoms with Crippen molar-refractivity contribution in [2.45, 2.75) is 38.6 Å². The molecule has 0 radical (unpaired) electrons. The Morgan fingerprint density at radius 2 is 2.08 bits per heavy atom. The number of likely N-dealkylation sites (N-methyl/N-ethyl adjacent to an activating group) is 1. The molecule has 0 unspecified atom stereocenters. The highest BCUT2D eigenvalue weighted by molar-refractivity contribution is 5.94. The van der Waals surface area contributed by atoms with Gasteiger partial charge in [0.2, 0.25) is 11.8 Å². The van der Waals surface area contributed by atoms with Crippen molar-refractivity contribution in [2.75, 3.05) is 33.7 Å². The fraction of sp³-hybridized carbons (Fsp3) is 0.667. The molecule has 0 aromatic carbocycles. The number of fused-ring (bicyclic) bond motifs is 4. The van der Waals surface area contributed by atoms with E-state index < -0.39 is 0 Å². The molecule has 142 valence electrons. The minimum absolute atomic E-state index is 0.0135. The van der Waals surface area contributed by atoms with Crippen molar-refractivity contribution in [3.05, 3.63) is 17.5 Å². The number of hydrogen-bond donors (Lipinski definition) is 1. The van der Waals surface area contributed by atoms with Gasteiger partial charge in [0.1, 0.15) is 12.2 Å². The van der Waals surface area contributed by atoms with Crippen molar-refractivity contribution < 1.29 is 14.4 Å². The third-order valence-corrected chi connectivity index (χ3v) is 5.25. The summed E-state index contributed by atoms with van der Waals surface area (Å²) in [5.74, 6) is -0.489. The highest BCUT2D eigenvalue weighted by Gasteiger charge is 2.43. The lowest BCUT2D eigenvalue weighted by Gasteiger charge is -2.35. The second-order valence-corrected chi connectivity index (χ2v) is 7.42. The van der Waals surface area contributed by atoms with E-state index >= 15 is 0 Å². The normalized spacial score (nSPS) is 22.5. The van der Waals surface area contributed by atoms with Crippen LogP contribution in [0.2, 0.25) is 0 Å². The summed E-state index contributed by atoms with van der Waals surface area (Å²) in [6.45, 7) is 3.01. The number of nitrogens with zero attached hydrogens (tertiary/aromatic N) is 4. The van der Waals surface area contributed by atoms with E-state index in [0.29, 0.717) is 18.8 Å². The largest absolute Gasteiger partial charge is 0.347 e. The van der Waals surface area contributed by atoms with Gasteiger partial charge in [-0.15, -0.1) is 0 Å². The number of hydrogen-bond acceptors (Lipinski definition) is 4. The molecule has 0 saturated carbocycles. The van der Waals surface area contributed by atoms with Crippen molar-refractivity contribution >= 4 is 17.7 Å². The Bertz CT molecular complexity index is 699. The summed E-state index contributed by atoms with van der Waals surface area (Å²) in [6, 6.07) is 1.69. The van der Waals surface area contributed by atoms with Gasteiger partial charge in [-0.25, -0.2) is 0 Å². The average Bonchev–Trinajstić information content (AvgIpc) is 2.90. The van der Waals surface area contributed by atoms with Crippen LogP contribution in [0.25, 0.3) is 0 Å². The smallest absolute Gasteiger partial charge is 0.274 e. The van der Waals surface area contributed by atoms with Crippen molar-refractivity contribution in [1.82, 2.24) is 24.9 Å². The molecule has 26 heavy (non-hydrogen) atoms. The van der Waals surface area contributed by atoms with Gasteiger partial charge >= 0.3 is 0 Å². The maximum absolute atomic E-state index is 12.9. The van der Waals surface area contributed by atoms with Crippen LogP contribution < -0.4 is 0 Å². The number of aryl methyl sites for hydroxylation is 1. The number of carbonyl (C=O) groups excluding carboxylic acids is 3. The maximum atomic E-state index is 12.9. The molecule has 0 aliphatic carbocycles. The first kappa shape index (κ1) is 18.4. The molecule has 4 rings (SSSR count). The Morgan fingerprint density at radius 3 is 2.77 bits per heavy atom. The number of aromatic amines is 1. The van der Waals surface area contributed by atoms with Gasteiger partial charge in [0.25, 0.3) is 5.91 Å². The quantitative estimate of drug-likeness (QED) is 0.828. The van der Waals surface area contributed by atoms with Gasteiger partial charge in [0.15, 0.2) is 0 Å². The van der Waals surface area contributed by atoms with E-state index in [9.17, 15) is 14.4 Å². The van der Waals surface area contributed by atoms with Crippen molar-refractivity contribution in [3.63, 3.8) is 0 Å². The zero-order chi connectivity index (χ0) is 18.8. The van der Waals surface area contributed by atoms with Crippen LogP contribution in [0.4, 0.5) is 0 Å².